The number of amides is 2. The van der Waals surface area contributed by atoms with E-state index in [4.69, 9.17) is 11.6 Å². The lowest BCUT2D eigenvalue weighted by atomic mass is 10.0. The summed E-state index contributed by atoms with van der Waals surface area (Å²) in [4.78, 5) is 25.7. The van der Waals surface area contributed by atoms with Crippen LogP contribution in [0.2, 0.25) is 5.02 Å². The van der Waals surface area contributed by atoms with Crippen LogP contribution in [0.15, 0.2) is 42.5 Å². The van der Waals surface area contributed by atoms with Crippen LogP contribution in [-0.4, -0.2) is 11.8 Å². The predicted molar refractivity (Wildman–Crippen MR) is 106 cm³/mol. The van der Waals surface area contributed by atoms with Crippen LogP contribution < -0.4 is 10.6 Å². The molecule has 2 aromatic rings. The molecule has 2 aromatic carbocycles. The fourth-order valence-corrected chi connectivity index (χ4v) is 3.33. The number of rotatable bonds is 6. The number of para-hydroxylation sites is 1. The second-order valence-corrected chi connectivity index (χ2v) is 7.10. The van der Waals surface area contributed by atoms with Crippen molar-refractivity contribution in [3.05, 3.63) is 58.6 Å². The maximum Gasteiger partial charge on any atom is 0.240 e. The van der Waals surface area contributed by atoms with Crippen LogP contribution in [0.1, 0.15) is 37.8 Å². The number of hydrogen-bond donors (Lipinski definition) is 2. The van der Waals surface area contributed by atoms with E-state index >= 15 is 0 Å². The average molecular weight is 371 g/mol. The molecule has 0 unspecified atom stereocenters. The van der Waals surface area contributed by atoms with Gasteiger partial charge < -0.3 is 10.6 Å². The number of carbonyl (C=O) groups excluding carboxylic acids is 2. The van der Waals surface area contributed by atoms with Gasteiger partial charge in [0.1, 0.15) is 5.41 Å². The Morgan fingerprint density at radius 1 is 0.962 bits per heavy atom. The van der Waals surface area contributed by atoms with Gasteiger partial charge in [-0.3, -0.25) is 9.59 Å². The van der Waals surface area contributed by atoms with Gasteiger partial charge in [0.05, 0.1) is 0 Å². The fourth-order valence-electron chi connectivity index (χ4n) is 3.14. The molecule has 0 heterocycles. The molecule has 0 radical (unpaired) electrons. The molecule has 5 heteroatoms. The van der Waals surface area contributed by atoms with E-state index in [1.165, 1.54) is 0 Å². The molecule has 4 nitrogen and oxygen atoms in total. The minimum atomic E-state index is -0.992. The number of carbonyl (C=O) groups is 2. The van der Waals surface area contributed by atoms with Crippen LogP contribution in [0.3, 0.4) is 0 Å². The van der Waals surface area contributed by atoms with Gasteiger partial charge in [-0.2, -0.15) is 0 Å². The summed E-state index contributed by atoms with van der Waals surface area (Å²) < 4.78 is 0. The SMILES string of the molecule is CCc1cccc(CC)c1NC(=O)C1(C(=O)Nc2cccc(Cl)c2)CC1. The van der Waals surface area contributed by atoms with Gasteiger partial charge in [0, 0.05) is 16.4 Å². The number of nitrogens with one attached hydrogen (secondary N) is 2. The Bertz CT molecular complexity index is 821. The van der Waals surface area contributed by atoms with Gasteiger partial charge in [0.15, 0.2) is 0 Å². The summed E-state index contributed by atoms with van der Waals surface area (Å²) in [5.41, 5.74) is 2.63. The Kier molecular flexibility index (Phi) is 5.33. The quantitative estimate of drug-likeness (QED) is 0.716. The van der Waals surface area contributed by atoms with Gasteiger partial charge >= 0.3 is 0 Å². The Balaban J connectivity index is 1.78. The molecule has 0 saturated heterocycles. The average Bonchev–Trinajstić information content (AvgIpc) is 3.44. The maximum atomic E-state index is 12.9. The fraction of sp³-hybridized carbons (Fsp3) is 0.333. The van der Waals surface area contributed by atoms with Crippen LogP contribution in [0.25, 0.3) is 0 Å². The second-order valence-electron chi connectivity index (χ2n) is 6.66. The molecule has 0 bridgehead atoms. The summed E-state index contributed by atoms with van der Waals surface area (Å²) in [7, 11) is 0. The molecule has 136 valence electrons. The standard InChI is InChI=1S/C21H23ClN2O2/c1-3-14-7-5-8-15(4-2)18(14)24-20(26)21(11-12-21)19(25)23-17-10-6-9-16(22)13-17/h5-10,13H,3-4,11-12H2,1-2H3,(H,23,25)(H,24,26). The molecular formula is C21H23ClN2O2. The Morgan fingerprint density at radius 3 is 2.08 bits per heavy atom. The monoisotopic (exact) mass is 370 g/mol. The van der Waals surface area contributed by atoms with Crippen molar-refractivity contribution in [3.8, 4) is 0 Å². The first-order valence-corrected chi connectivity index (χ1v) is 9.37. The molecule has 0 atom stereocenters. The molecule has 1 saturated carbocycles. The van der Waals surface area contributed by atoms with Crippen LogP contribution in [-0.2, 0) is 22.4 Å². The molecule has 0 spiro atoms. The van der Waals surface area contributed by atoms with Crippen LogP contribution in [0.4, 0.5) is 11.4 Å². The third-order valence-corrected chi connectivity index (χ3v) is 5.17. The van der Waals surface area contributed by atoms with Crippen molar-refractivity contribution in [2.75, 3.05) is 10.6 Å². The van der Waals surface area contributed by atoms with Crippen molar-refractivity contribution in [1.29, 1.82) is 0 Å². The minimum Gasteiger partial charge on any atom is -0.325 e. The van der Waals surface area contributed by atoms with Crippen molar-refractivity contribution in [2.24, 2.45) is 5.41 Å². The molecule has 2 amide bonds. The van der Waals surface area contributed by atoms with E-state index in [2.05, 4.69) is 24.5 Å². The molecule has 1 aliphatic rings. The largest absolute Gasteiger partial charge is 0.325 e. The first-order chi connectivity index (χ1) is 12.5. The van der Waals surface area contributed by atoms with E-state index in [9.17, 15) is 9.59 Å². The Hall–Kier alpha value is -2.33. The highest BCUT2D eigenvalue weighted by molar-refractivity contribution is 6.31. The zero-order valence-electron chi connectivity index (χ0n) is 15.1. The summed E-state index contributed by atoms with van der Waals surface area (Å²) in [6.45, 7) is 4.12. The van der Waals surface area contributed by atoms with E-state index in [-0.39, 0.29) is 11.8 Å². The summed E-state index contributed by atoms with van der Waals surface area (Å²) in [5.74, 6) is -0.503. The van der Waals surface area contributed by atoms with E-state index < -0.39 is 5.41 Å². The Morgan fingerprint density at radius 2 is 1.54 bits per heavy atom. The van der Waals surface area contributed by atoms with Crippen LogP contribution in [0, 0.1) is 5.41 Å². The van der Waals surface area contributed by atoms with E-state index in [0.717, 1.165) is 29.7 Å². The lowest BCUT2D eigenvalue weighted by Crippen LogP contribution is -2.36. The van der Waals surface area contributed by atoms with Crippen molar-refractivity contribution in [3.63, 3.8) is 0 Å². The molecular weight excluding hydrogens is 348 g/mol. The van der Waals surface area contributed by atoms with E-state index in [1.54, 1.807) is 24.3 Å². The molecule has 0 aliphatic heterocycles. The first kappa shape index (κ1) is 18.5. The van der Waals surface area contributed by atoms with Crippen molar-refractivity contribution in [1.82, 2.24) is 0 Å². The summed E-state index contributed by atoms with van der Waals surface area (Å²) >= 11 is 5.96. The van der Waals surface area contributed by atoms with Crippen LogP contribution in [0.5, 0.6) is 0 Å². The molecule has 3 rings (SSSR count). The van der Waals surface area contributed by atoms with Crippen molar-refractivity contribution in [2.45, 2.75) is 39.5 Å². The van der Waals surface area contributed by atoms with Crippen LogP contribution >= 0.6 is 11.6 Å². The second kappa shape index (κ2) is 7.50. The number of hydrogen-bond acceptors (Lipinski definition) is 2. The van der Waals surface area contributed by atoms with E-state index in [1.807, 2.05) is 18.2 Å². The predicted octanol–water partition coefficient (Wildman–Crippen LogP) is 4.82. The molecule has 0 aromatic heterocycles. The number of aryl methyl sites for hydroxylation is 2. The van der Waals surface area contributed by atoms with Gasteiger partial charge in [-0.25, -0.2) is 0 Å². The lowest BCUT2D eigenvalue weighted by molar-refractivity contribution is -0.131. The number of anilines is 2. The minimum absolute atomic E-state index is 0.229. The molecule has 1 aliphatic carbocycles. The third-order valence-electron chi connectivity index (χ3n) is 4.94. The van der Waals surface area contributed by atoms with Gasteiger partial charge in [0.25, 0.3) is 0 Å². The normalized spacial score (nSPS) is 14.6. The smallest absolute Gasteiger partial charge is 0.240 e. The summed E-state index contributed by atoms with van der Waals surface area (Å²) in [6, 6.07) is 13.0. The van der Waals surface area contributed by atoms with Gasteiger partial charge in [-0.15, -0.1) is 0 Å². The molecule has 26 heavy (non-hydrogen) atoms. The highest BCUT2D eigenvalue weighted by atomic mass is 35.5. The van der Waals surface area contributed by atoms with Gasteiger partial charge in [-0.05, 0) is 55.0 Å². The topological polar surface area (TPSA) is 58.2 Å². The summed E-state index contributed by atoms with van der Waals surface area (Å²) in [6.07, 6.45) is 2.76. The van der Waals surface area contributed by atoms with Gasteiger partial charge in [0.2, 0.25) is 11.8 Å². The third kappa shape index (κ3) is 3.61. The highest BCUT2D eigenvalue weighted by Gasteiger charge is 2.56. The highest BCUT2D eigenvalue weighted by Crippen LogP contribution is 2.48. The molecule has 1 fully saturated rings. The summed E-state index contributed by atoms with van der Waals surface area (Å²) in [5, 5.41) is 6.40. The lowest BCUT2D eigenvalue weighted by Gasteiger charge is -2.19. The van der Waals surface area contributed by atoms with Crippen molar-refractivity contribution < 1.29 is 9.59 Å². The molecule has 2 N–H and O–H groups in total. The zero-order valence-corrected chi connectivity index (χ0v) is 15.8. The maximum absolute atomic E-state index is 12.9. The first-order valence-electron chi connectivity index (χ1n) is 8.99. The van der Waals surface area contributed by atoms with E-state index in [0.29, 0.717) is 23.6 Å². The Labute approximate surface area is 158 Å². The zero-order chi connectivity index (χ0) is 18.7. The van der Waals surface area contributed by atoms with Gasteiger partial charge in [-0.1, -0.05) is 49.7 Å². The van der Waals surface area contributed by atoms with Crippen molar-refractivity contribution >= 4 is 34.8 Å². The number of benzene rings is 2. The number of halogens is 1.